The molecular formula is C15H24N2O2. The minimum Gasteiger partial charge on any atom is -0.494 e. The molecule has 0 bridgehead atoms. The van der Waals surface area contributed by atoms with Crippen LogP contribution in [-0.4, -0.2) is 37.6 Å². The fourth-order valence-corrected chi connectivity index (χ4v) is 1.68. The number of carbonyl (C=O) groups excluding carboxylic acids is 1. The lowest BCUT2D eigenvalue weighted by Gasteiger charge is -2.16. The highest BCUT2D eigenvalue weighted by molar-refractivity contribution is 5.94. The van der Waals surface area contributed by atoms with Crippen LogP contribution in [0.25, 0.3) is 0 Å². The lowest BCUT2D eigenvalue weighted by Crippen LogP contribution is -2.28. The summed E-state index contributed by atoms with van der Waals surface area (Å²) < 4.78 is 5.57. The summed E-state index contributed by atoms with van der Waals surface area (Å²) in [7, 11) is 1.80. The molecule has 0 radical (unpaired) electrons. The zero-order valence-corrected chi connectivity index (χ0v) is 11.9. The first-order chi connectivity index (χ1) is 9.19. The van der Waals surface area contributed by atoms with Crippen LogP contribution in [0.4, 0.5) is 0 Å². The van der Waals surface area contributed by atoms with Crippen LogP contribution >= 0.6 is 0 Å². The zero-order valence-electron chi connectivity index (χ0n) is 11.9. The van der Waals surface area contributed by atoms with Crippen LogP contribution in [-0.2, 0) is 0 Å². The summed E-state index contributed by atoms with van der Waals surface area (Å²) >= 11 is 0. The Morgan fingerprint density at radius 3 is 2.53 bits per heavy atom. The summed E-state index contributed by atoms with van der Waals surface area (Å²) in [5.41, 5.74) is 6.12. The molecule has 0 heterocycles. The number of unbranched alkanes of at least 4 members (excludes halogenated alkanes) is 1. The summed E-state index contributed by atoms with van der Waals surface area (Å²) in [6, 6.07) is 7.31. The fourth-order valence-electron chi connectivity index (χ4n) is 1.68. The molecule has 0 aliphatic carbocycles. The Balaban J connectivity index is 2.52. The highest BCUT2D eigenvalue weighted by Gasteiger charge is 2.10. The molecule has 0 spiro atoms. The standard InChI is InChI=1S/C15H24N2O2/c1-3-4-12-19-14-8-6-13(7-9-14)15(18)17(2)11-5-10-16/h6-9H,3-5,10-12,16H2,1-2H3. The van der Waals surface area contributed by atoms with Crippen LogP contribution in [0, 0.1) is 0 Å². The second-order valence-electron chi connectivity index (χ2n) is 4.60. The minimum atomic E-state index is 0.0218. The number of hydrogen-bond donors (Lipinski definition) is 1. The number of hydrogen-bond acceptors (Lipinski definition) is 3. The predicted octanol–water partition coefficient (Wildman–Crippen LogP) is 2.29. The smallest absolute Gasteiger partial charge is 0.253 e. The molecule has 1 aromatic carbocycles. The fraction of sp³-hybridized carbons (Fsp3) is 0.533. The molecule has 0 saturated heterocycles. The van der Waals surface area contributed by atoms with Crippen LogP contribution < -0.4 is 10.5 Å². The topological polar surface area (TPSA) is 55.6 Å². The van der Waals surface area contributed by atoms with Crippen LogP contribution in [0.5, 0.6) is 5.75 Å². The Bertz CT molecular complexity index is 376. The van der Waals surface area contributed by atoms with Gasteiger partial charge in [-0.3, -0.25) is 4.79 Å². The van der Waals surface area contributed by atoms with E-state index in [0.717, 1.165) is 31.6 Å². The van der Waals surface area contributed by atoms with E-state index in [9.17, 15) is 4.79 Å². The number of carbonyl (C=O) groups is 1. The highest BCUT2D eigenvalue weighted by atomic mass is 16.5. The average molecular weight is 264 g/mol. The lowest BCUT2D eigenvalue weighted by atomic mass is 10.2. The van der Waals surface area contributed by atoms with Crippen LogP contribution in [0.3, 0.4) is 0 Å². The van der Waals surface area contributed by atoms with E-state index >= 15 is 0 Å². The molecule has 1 amide bonds. The van der Waals surface area contributed by atoms with Gasteiger partial charge in [0.2, 0.25) is 0 Å². The SMILES string of the molecule is CCCCOc1ccc(C(=O)N(C)CCCN)cc1. The van der Waals surface area contributed by atoms with Gasteiger partial charge in [-0.2, -0.15) is 0 Å². The van der Waals surface area contributed by atoms with Gasteiger partial charge in [-0.05, 0) is 43.7 Å². The molecule has 0 aliphatic rings. The van der Waals surface area contributed by atoms with Gasteiger partial charge < -0.3 is 15.4 Å². The molecule has 0 aromatic heterocycles. The lowest BCUT2D eigenvalue weighted by molar-refractivity contribution is 0.0794. The molecule has 0 atom stereocenters. The Labute approximate surface area is 115 Å². The van der Waals surface area contributed by atoms with Gasteiger partial charge in [0.25, 0.3) is 5.91 Å². The monoisotopic (exact) mass is 264 g/mol. The van der Waals surface area contributed by atoms with Crippen LogP contribution in [0.15, 0.2) is 24.3 Å². The third-order valence-electron chi connectivity index (χ3n) is 2.91. The largest absolute Gasteiger partial charge is 0.494 e. The third-order valence-corrected chi connectivity index (χ3v) is 2.91. The molecule has 4 heteroatoms. The van der Waals surface area contributed by atoms with E-state index < -0.39 is 0 Å². The molecular weight excluding hydrogens is 240 g/mol. The first-order valence-electron chi connectivity index (χ1n) is 6.87. The molecule has 19 heavy (non-hydrogen) atoms. The second kappa shape index (κ2) is 8.53. The quantitative estimate of drug-likeness (QED) is 0.733. The highest BCUT2D eigenvalue weighted by Crippen LogP contribution is 2.14. The van der Waals surface area contributed by atoms with Gasteiger partial charge in [-0.15, -0.1) is 0 Å². The second-order valence-corrected chi connectivity index (χ2v) is 4.60. The van der Waals surface area contributed by atoms with Crippen molar-refractivity contribution in [3.63, 3.8) is 0 Å². The van der Waals surface area contributed by atoms with Crippen molar-refractivity contribution in [2.45, 2.75) is 26.2 Å². The van der Waals surface area contributed by atoms with Gasteiger partial charge in [0.1, 0.15) is 5.75 Å². The summed E-state index contributed by atoms with van der Waals surface area (Å²) in [5, 5.41) is 0. The summed E-state index contributed by atoms with van der Waals surface area (Å²) in [6.07, 6.45) is 2.98. The summed E-state index contributed by atoms with van der Waals surface area (Å²) in [6.45, 7) is 4.13. The van der Waals surface area contributed by atoms with Gasteiger partial charge in [0.15, 0.2) is 0 Å². The van der Waals surface area contributed by atoms with E-state index in [2.05, 4.69) is 6.92 Å². The van der Waals surface area contributed by atoms with Crippen molar-refractivity contribution in [2.75, 3.05) is 26.7 Å². The molecule has 4 nitrogen and oxygen atoms in total. The van der Waals surface area contributed by atoms with Gasteiger partial charge in [0, 0.05) is 19.2 Å². The molecule has 0 saturated carbocycles. The van der Waals surface area contributed by atoms with Gasteiger partial charge in [-0.1, -0.05) is 13.3 Å². The number of nitrogens with zero attached hydrogens (tertiary/aromatic N) is 1. The Morgan fingerprint density at radius 1 is 1.26 bits per heavy atom. The molecule has 0 aliphatic heterocycles. The number of rotatable bonds is 8. The summed E-state index contributed by atoms with van der Waals surface area (Å²) in [5.74, 6) is 0.836. The van der Waals surface area contributed by atoms with Gasteiger partial charge >= 0.3 is 0 Å². The number of benzene rings is 1. The van der Waals surface area contributed by atoms with E-state index in [1.54, 1.807) is 11.9 Å². The maximum absolute atomic E-state index is 12.1. The maximum atomic E-state index is 12.1. The molecule has 106 valence electrons. The van der Waals surface area contributed by atoms with E-state index in [-0.39, 0.29) is 5.91 Å². The minimum absolute atomic E-state index is 0.0218. The van der Waals surface area contributed by atoms with Crippen molar-refractivity contribution in [2.24, 2.45) is 5.73 Å². The molecule has 0 fully saturated rings. The Kier molecular flexibility index (Phi) is 6.97. The third kappa shape index (κ3) is 5.30. The van der Waals surface area contributed by atoms with Crippen LogP contribution in [0.1, 0.15) is 36.5 Å². The first-order valence-corrected chi connectivity index (χ1v) is 6.87. The molecule has 1 rings (SSSR count). The number of amides is 1. The average Bonchev–Trinajstić information content (AvgIpc) is 2.45. The van der Waals surface area contributed by atoms with E-state index in [1.165, 1.54) is 0 Å². The van der Waals surface area contributed by atoms with Crippen molar-refractivity contribution in [1.29, 1.82) is 0 Å². The van der Waals surface area contributed by atoms with Crippen molar-refractivity contribution in [3.05, 3.63) is 29.8 Å². The van der Waals surface area contributed by atoms with Crippen LogP contribution in [0.2, 0.25) is 0 Å². The van der Waals surface area contributed by atoms with Crippen molar-refractivity contribution < 1.29 is 9.53 Å². The Hall–Kier alpha value is -1.55. The Morgan fingerprint density at radius 2 is 1.95 bits per heavy atom. The van der Waals surface area contributed by atoms with E-state index in [0.29, 0.717) is 18.7 Å². The van der Waals surface area contributed by atoms with E-state index in [1.807, 2.05) is 24.3 Å². The molecule has 2 N–H and O–H groups in total. The number of nitrogens with two attached hydrogens (primary N) is 1. The van der Waals surface area contributed by atoms with Gasteiger partial charge in [-0.25, -0.2) is 0 Å². The number of ether oxygens (including phenoxy) is 1. The maximum Gasteiger partial charge on any atom is 0.253 e. The van der Waals surface area contributed by atoms with Crippen molar-refractivity contribution in [3.8, 4) is 5.75 Å². The van der Waals surface area contributed by atoms with Gasteiger partial charge in [0.05, 0.1) is 6.61 Å². The first kappa shape index (κ1) is 15.5. The predicted molar refractivity (Wildman–Crippen MR) is 77.5 cm³/mol. The molecule has 1 aromatic rings. The van der Waals surface area contributed by atoms with Crippen molar-refractivity contribution in [1.82, 2.24) is 4.90 Å². The summed E-state index contributed by atoms with van der Waals surface area (Å²) in [4.78, 5) is 13.8. The van der Waals surface area contributed by atoms with E-state index in [4.69, 9.17) is 10.5 Å². The normalized spacial score (nSPS) is 10.3. The zero-order chi connectivity index (χ0) is 14.1. The molecule has 0 unspecified atom stereocenters. The van der Waals surface area contributed by atoms with Crippen molar-refractivity contribution >= 4 is 5.91 Å².